The minimum Gasteiger partial charge on any atom is -0.336 e. The van der Waals surface area contributed by atoms with Crippen LogP contribution in [0.2, 0.25) is 0 Å². The van der Waals surface area contributed by atoms with Crippen LogP contribution in [0.15, 0.2) is 59.7 Å². The highest BCUT2D eigenvalue weighted by molar-refractivity contribution is 5.84. The number of H-pyrrole nitrogens is 1. The molecule has 1 aromatic carbocycles. The monoisotopic (exact) mass is 374 g/mol. The number of aromatic amines is 1. The molecule has 0 saturated carbocycles. The zero-order chi connectivity index (χ0) is 19.5. The Morgan fingerprint density at radius 3 is 2.75 bits per heavy atom. The summed E-state index contributed by atoms with van der Waals surface area (Å²) in [5.74, 6) is 0.396. The first-order chi connectivity index (χ1) is 13.7. The average Bonchev–Trinajstić information content (AvgIpc) is 2.75. The Balaban J connectivity index is 1.63. The number of amides is 1. The number of aromatic nitrogens is 3. The molecule has 0 fully saturated rings. The highest BCUT2D eigenvalue weighted by Gasteiger charge is 2.29. The summed E-state index contributed by atoms with van der Waals surface area (Å²) in [4.78, 5) is 39.1. The maximum atomic E-state index is 13.2. The van der Waals surface area contributed by atoms with Crippen molar-refractivity contribution in [3.8, 4) is 11.4 Å². The minimum absolute atomic E-state index is 0.0874. The van der Waals surface area contributed by atoms with Crippen LogP contribution in [0.5, 0.6) is 0 Å². The molecule has 1 atom stereocenters. The van der Waals surface area contributed by atoms with Crippen LogP contribution in [0.1, 0.15) is 36.1 Å². The smallest absolute Gasteiger partial charge is 0.254 e. The fraction of sp³-hybridized carbons (Fsp3) is 0.273. The Labute approximate surface area is 163 Å². The van der Waals surface area contributed by atoms with Crippen molar-refractivity contribution >= 4 is 5.91 Å². The van der Waals surface area contributed by atoms with Gasteiger partial charge in [0.2, 0.25) is 5.91 Å². The molecule has 0 bridgehead atoms. The lowest BCUT2D eigenvalue weighted by atomic mass is 9.94. The predicted molar refractivity (Wildman–Crippen MR) is 107 cm³/mol. The Kier molecular flexibility index (Phi) is 5.02. The third kappa shape index (κ3) is 3.45. The second kappa shape index (κ2) is 7.76. The Bertz CT molecular complexity index is 1030. The SMILES string of the molecule is CC[C@H](C(=O)N1CCc2c(nc(-c3cccnc3)[nH]c2=O)C1)c1ccccc1. The number of carbonyl (C=O) groups is 1. The van der Waals surface area contributed by atoms with Gasteiger partial charge in [0.1, 0.15) is 5.82 Å². The van der Waals surface area contributed by atoms with Crippen LogP contribution < -0.4 is 5.56 Å². The molecule has 0 radical (unpaired) electrons. The standard InChI is InChI=1S/C22H22N4O2/c1-2-17(15-7-4-3-5-8-15)22(28)26-12-10-18-19(14-26)24-20(25-21(18)27)16-9-6-11-23-13-16/h3-9,11,13,17H,2,10,12,14H2,1H3,(H,24,25,27)/t17-/m0/s1. The van der Waals surface area contributed by atoms with Crippen LogP contribution in [-0.4, -0.2) is 32.3 Å². The van der Waals surface area contributed by atoms with Gasteiger partial charge in [-0.05, 0) is 30.5 Å². The number of carbonyl (C=O) groups excluding carboxylic acids is 1. The van der Waals surface area contributed by atoms with Gasteiger partial charge in [0.05, 0.1) is 18.2 Å². The molecule has 0 saturated heterocycles. The van der Waals surface area contributed by atoms with E-state index in [2.05, 4.69) is 15.0 Å². The molecule has 0 aliphatic carbocycles. The number of fused-ring (bicyclic) bond motifs is 1. The van der Waals surface area contributed by atoms with E-state index >= 15 is 0 Å². The maximum Gasteiger partial charge on any atom is 0.254 e. The molecule has 6 heteroatoms. The Morgan fingerprint density at radius 1 is 1.21 bits per heavy atom. The lowest BCUT2D eigenvalue weighted by molar-refractivity contribution is -0.133. The number of nitrogens with one attached hydrogen (secondary N) is 1. The van der Waals surface area contributed by atoms with E-state index < -0.39 is 0 Å². The molecule has 28 heavy (non-hydrogen) atoms. The van der Waals surface area contributed by atoms with E-state index in [-0.39, 0.29) is 17.4 Å². The van der Waals surface area contributed by atoms with Gasteiger partial charge >= 0.3 is 0 Å². The molecule has 1 aliphatic rings. The van der Waals surface area contributed by atoms with E-state index in [0.717, 1.165) is 17.5 Å². The molecule has 6 nitrogen and oxygen atoms in total. The fourth-order valence-corrected chi connectivity index (χ4v) is 3.73. The van der Waals surface area contributed by atoms with Gasteiger partial charge < -0.3 is 9.88 Å². The predicted octanol–water partition coefficient (Wildman–Crippen LogP) is 2.91. The highest BCUT2D eigenvalue weighted by atomic mass is 16.2. The number of benzene rings is 1. The van der Waals surface area contributed by atoms with Crippen molar-refractivity contribution in [2.45, 2.75) is 32.2 Å². The minimum atomic E-state index is -0.178. The average molecular weight is 374 g/mol. The van der Waals surface area contributed by atoms with Crippen molar-refractivity contribution in [3.05, 3.63) is 82.0 Å². The van der Waals surface area contributed by atoms with E-state index in [4.69, 9.17) is 0 Å². The fourth-order valence-electron chi connectivity index (χ4n) is 3.73. The van der Waals surface area contributed by atoms with Crippen molar-refractivity contribution in [1.82, 2.24) is 19.9 Å². The zero-order valence-corrected chi connectivity index (χ0v) is 15.8. The van der Waals surface area contributed by atoms with Crippen molar-refractivity contribution in [1.29, 1.82) is 0 Å². The zero-order valence-electron chi connectivity index (χ0n) is 15.8. The quantitative estimate of drug-likeness (QED) is 0.762. The molecule has 4 rings (SSSR count). The van der Waals surface area contributed by atoms with E-state index in [1.165, 1.54) is 0 Å². The van der Waals surface area contributed by atoms with E-state index in [1.807, 2.05) is 48.2 Å². The number of nitrogens with zero attached hydrogens (tertiary/aromatic N) is 3. The van der Waals surface area contributed by atoms with Gasteiger partial charge in [0.15, 0.2) is 0 Å². The van der Waals surface area contributed by atoms with Gasteiger partial charge in [-0.2, -0.15) is 0 Å². The molecule has 142 valence electrons. The number of hydrogen-bond acceptors (Lipinski definition) is 4. The molecule has 3 aromatic rings. The summed E-state index contributed by atoms with van der Waals surface area (Å²) in [7, 11) is 0. The first-order valence-electron chi connectivity index (χ1n) is 9.53. The molecule has 1 amide bonds. The molecule has 0 unspecified atom stereocenters. The number of rotatable bonds is 4. The van der Waals surface area contributed by atoms with Crippen molar-refractivity contribution < 1.29 is 4.79 Å². The maximum absolute atomic E-state index is 13.2. The van der Waals surface area contributed by atoms with Gasteiger partial charge in [-0.3, -0.25) is 14.6 Å². The number of hydrogen-bond donors (Lipinski definition) is 1. The summed E-state index contributed by atoms with van der Waals surface area (Å²) in [6, 6.07) is 13.5. The second-order valence-electron chi connectivity index (χ2n) is 6.96. The largest absolute Gasteiger partial charge is 0.336 e. The lowest BCUT2D eigenvalue weighted by Crippen LogP contribution is -2.41. The number of pyridine rings is 1. The summed E-state index contributed by atoms with van der Waals surface area (Å²) >= 11 is 0. The van der Waals surface area contributed by atoms with Gasteiger partial charge in [0.25, 0.3) is 5.56 Å². The van der Waals surface area contributed by atoms with Crippen molar-refractivity contribution in [3.63, 3.8) is 0 Å². The lowest BCUT2D eigenvalue weighted by Gasteiger charge is -2.31. The van der Waals surface area contributed by atoms with Gasteiger partial charge in [0, 0.05) is 30.1 Å². The molecular weight excluding hydrogens is 352 g/mol. The van der Waals surface area contributed by atoms with Crippen LogP contribution in [0, 0.1) is 0 Å². The summed E-state index contributed by atoms with van der Waals surface area (Å²) in [6.45, 7) is 2.91. The molecule has 2 aromatic heterocycles. The first kappa shape index (κ1) is 18.1. The Hall–Kier alpha value is -3.28. The molecule has 1 aliphatic heterocycles. The van der Waals surface area contributed by atoms with Crippen LogP contribution in [0.3, 0.4) is 0 Å². The molecule has 1 N–H and O–H groups in total. The molecule has 3 heterocycles. The van der Waals surface area contributed by atoms with Gasteiger partial charge in [-0.15, -0.1) is 0 Å². The van der Waals surface area contributed by atoms with E-state index in [1.54, 1.807) is 18.5 Å². The summed E-state index contributed by atoms with van der Waals surface area (Å²) in [5, 5.41) is 0. The third-order valence-corrected chi connectivity index (χ3v) is 5.23. The topological polar surface area (TPSA) is 79.0 Å². The van der Waals surface area contributed by atoms with Crippen LogP contribution in [0.25, 0.3) is 11.4 Å². The molecule has 0 spiro atoms. The van der Waals surface area contributed by atoms with E-state index in [0.29, 0.717) is 36.6 Å². The van der Waals surface area contributed by atoms with Crippen LogP contribution in [0.4, 0.5) is 0 Å². The second-order valence-corrected chi connectivity index (χ2v) is 6.96. The van der Waals surface area contributed by atoms with Gasteiger partial charge in [-0.25, -0.2) is 4.98 Å². The van der Waals surface area contributed by atoms with Crippen LogP contribution in [-0.2, 0) is 17.8 Å². The van der Waals surface area contributed by atoms with Crippen molar-refractivity contribution in [2.75, 3.05) is 6.54 Å². The summed E-state index contributed by atoms with van der Waals surface area (Å²) in [6.07, 6.45) is 4.59. The van der Waals surface area contributed by atoms with Crippen molar-refractivity contribution in [2.24, 2.45) is 0 Å². The van der Waals surface area contributed by atoms with E-state index in [9.17, 15) is 9.59 Å². The first-order valence-corrected chi connectivity index (χ1v) is 9.53. The summed E-state index contributed by atoms with van der Waals surface area (Å²) < 4.78 is 0. The Morgan fingerprint density at radius 2 is 2.04 bits per heavy atom. The van der Waals surface area contributed by atoms with Crippen LogP contribution >= 0.6 is 0 Å². The highest BCUT2D eigenvalue weighted by Crippen LogP contribution is 2.25. The van der Waals surface area contributed by atoms with Gasteiger partial charge in [-0.1, -0.05) is 37.3 Å². The third-order valence-electron chi connectivity index (χ3n) is 5.23. The normalized spacial score (nSPS) is 14.4. The molecular formula is C22H22N4O2. The summed E-state index contributed by atoms with van der Waals surface area (Å²) in [5.41, 5.74) is 2.98.